The second-order valence-corrected chi connectivity index (χ2v) is 10.0. The monoisotopic (exact) mass is 466 g/mol. The highest BCUT2D eigenvalue weighted by Crippen LogP contribution is 2.25. The van der Waals surface area contributed by atoms with Crippen LogP contribution < -0.4 is 5.32 Å². The lowest BCUT2D eigenvalue weighted by atomic mass is 9.97. The zero-order valence-electron chi connectivity index (χ0n) is 17.0. The zero-order chi connectivity index (χ0) is 20.9. The Morgan fingerprint density at radius 3 is 2.63 bits per heavy atom. The fourth-order valence-electron chi connectivity index (χ4n) is 4.34. The number of amides is 2. The van der Waals surface area contributed by atoms with Crippen LogP contribution in [0.4, 0.5) is 10.5 Å². The molecule has 1 aromatic carbocycles. The van der Waals surface area contributed by atoms with Gasteiger partial charge in [0, 0.05) is 56.4 Å². The van der Waals surface area contributed by atoms with E-state index in [4.69, 9.17) is 23.2 Å². The van der Waals surface area contributed by atoms with Crippen LogP contribution >= 0.6 is 34.5 Å². The third-order valence-electron chi connectivity index (χ3n) is 5.91. The summed E-state index contributed by atoms with van der Waals surface area (Å²) in [7, 11) is 0. The Morgan fingerprint density at radius 1 is 1.07 bits per heavy atom. The third kappa shape index (κ3) is 5.89. The smallest absolute Gasteiger partial charge is 0.321 e. The van der Waals surface area contributed by atoms with Crippen LogP contribution in [0.15, 0.2) is 35.7 Å². The second kappa shape index (κ2) is 10.3. The lowest BCUT2D eigenvalue weighted by Gasteiger charge is -2.39. The molecule has 162 valence electrons. The normalized spacial score (nSPS) is 21.0. The number of rotatable bonds is 5. The number of likely N-dealkylation sites (tertiary alicyclic amines) is 1. The molecule has 3 heterocycles. The van der Waals surface area contributed by atoms with Crippen LogP contribution in [0.5, 0.6) is 0 Å². The van der Waals surface area contributed by atoms with Crippen molar-refractivity contribution in [2.75, 3.05) is 51.1 Å². The van der Waals surface area contributed by atoms with E-state index in [0.717, 1.165) is 45.2 Å². The van der Waals surface area contributed by atoms with Gasteiger partial charge < -0.3 is 10.2 Å². The van der Waals surface area contributed by atoms with E-state index in [1.54, 1.807) is 18.2 Å². The van der Waals surface area contributed by atoms with E-state index in [1.807, 2.05) is 16.2 Å². The fraction of sp³-hybridized carbons (Fsp3) is 0.500. The number of hydrogen-bond acceptors (Lipinski definition) is 4. The average molecular weight is 467 g/mol. The molecule has 2 aliphatic heterocycles. The van der Waals surface area contributed by atoms with E-state index in [9.17, 15) is 4.79 Å². The van der Waals surface area contributed by atoms with Crippen LogP contribution in [-0.2, 0) is 6.54 Å². The highest BCUT2D eigenvalue weighted by molar-refractivity contribution is 7.09. The van der Waals surface area contributed by atoms with Gasteiger partial charge in [0.05, 0.1) is 10.0 Å². The molecule has 2 amide bonds. The summed E-state index contributed by atoms with van der Waals surface area (Å²) in [4.78, 5) is 21.0. The summed E-state index contributed by atoms with van der Waals surface area (Å²) in [6, 6.07) is 9.45. The Labute approximate surface area is 192 Å². The number of anilines is 1. The number of carbonyl (C=O) groups excluding carboxylic acids is 1. The van der Waals surface area contributed by atoms with E-state index in [1.165, 1.54) is 30.8 Å². The lowest BCUT2D eigenvalue weighted by molar-refractivity contribution is 0.0988. The molecule has 0 unspecified atom stereocenters. The molecule has 2 fully saturated rings. The Balaban J connectivity index is 1.21. The number of benzene rings is 1. The summed E-state index contributed by atoms with van der Waals surface area (Å²) < 4.78 is 0. The Morgan fingerprint density at radius 2 is 1.90 bits per heavy atom. The van der Waals surface area contributed by atoms with Crippen LogP contribution in [0.25, 0.3) is 0 Å². The first-order valence-electron chi connectivity index (χ1n) is 10.5. The van der Waals surface area contributed by atoms with Crippen molar-refractivity contribution in [2.45, 2.75) is 19.4 Å². The van der Waals surface area contributed by atoms with Gasteiger partial charge in [0.2, 0.25) is 0 Å². The molecule has 1 N–H and O–H groups in total. The molecule has 8 heteroatoms. The summed E-state index contributed by atoms with van der Waals surface area (Å²) in [6.45, 7) is 7.94. The number of hydrogen-bond donors (Lipinski definition) is 1. The molecule has 2 aliphatic rings. The molecule has 4 rings (SSSR count). The van der Waals surface area contributed by atoms with Gasteiger partial charge in [-0.15, -0.1) is 11.3 Å². The van der Waals surface area contributed by atoms with E-state index >= 15 is 0 Å². The van der Waals surface area contributed by atoms with E-state index < -0.39 is 0 Å². The number of piperazine rings is 1. The van der Waals surface area contributed by atoms with Crippen molar-refractivity contribution in [1.29, 1.82) is 0 Å². The largest absolute Gasteiger partial charge is 0.322 e. The zero-order valence-corrected chi connectivity index (χ0v) is 19.4. The highest BCUT2D eigenvalue weighted by atomic mass is 35.5. The van der Waals surface area contributed by atoms with Crippen molar-refractivity contribution in [1.82, 2.24) is 14.7 Å². The fourth-order valence-corrected chi connectivity index (χ4v) is 5.39. The Hall–Kier alpha value is -1.31. The van der Waals surface area contributed by atoms with Gasteiger partial charge in [0.15, 0.2) is 0 Å². The van der Waals surface area contributed by atoms with Crippen molar-refractivity contribution in [2.24, 2.45) is 5.92 Å². The van der Waals surface area contributed by atoms with Gasteiger partial charge >= 0.3 is 6.03 Å². The number of nitrogens with one attached hydrogen (secondary N) is 1. The topological polar surface area (TPSA) is 38.8 Å². The molecule has 0 bridgehead atoms. The predicted octanol–water partition coefficient (Wildman–Crippen LogP) is 5.12. The minimum absolute atomic E-state index is 0.0761. The lowest BCUT2D eigenvalue weighted by Crippen LogP contribution is -2.52. The maximum atomic E-state index is 12.6. The molecular formula is C22H28Cl2N4OS. The Bertz CT molecular complexity index is 840. The van der Waals surface area contributed by atoms with Crippen LogP contribution in [0, 0.1) is 5.92 Å². The molecule has 1 aromatic heterocycles. The van der Waals surface area contributed by atoms with E-state index in [2.05, 4.69) is 32.6 Å². The molecule has 1 atom stereocenters. The maximum Gasteiger partial charge on any atom is 0.321 e. The van der Waals surface area contributed by atoms with E-state index in [0.29, 0.717) is 15.7 Å². The first-order valence-corrected chi connectivity index (χ1v) is 12.2. The molecule has 5 nitrogen and oxygen atoms in total. The average Bonchev–Trinajstić information content (AvgIpc) is 3.24. The molecular weight excluding hydrogens is 439 g/mol. The summed E-state index contributed by atoms with van der Waals surface area (Å²) in [6.07, 6.45) is 2.58. The minimum atomic E-state index is -0.0761. The molecule has 0 spiro atoms. The summed E-state index contributed by atoms with van der Waals surface area (Å²) in [5.74, 6) is 0.718. The SMILES string of the molecule is O=C(Nc1ccc(Cl)c(Cl)c1)N1CCN(C[C@@H]2CCCN(Cc3cccs3)C2)CC1. The molecule has 0 saturated carbocycles. The van der Waals surface area contributed by atoms with Crippen molar-refractivity contribution in [3.05, 3.63) is 50.6 Å². The van der Waals surface area contributed by atoms with Gasteiger partial charge in [-0.1, -0.05) is 29.3 Å². The highest BCUT2D eigenvalue weighted by Gasteiger charge is 2.26. The van der Waals surface area contributed by atoms with Crippen LogP contribution in [0.3, 0.4) is 0 Å². The summed E-state index contributed by atoms with van der Waals surface area (Å²) >= 11 is 13.8. The third-order valence-corrected chi connectivity index (χ3v) is 7.51. The van der Waals surface area contributed by atoms with Crippen molar-refractivity contribution in [3.63, 3.8) is 0 Å². The van der Waals surface area contributed by atoms with Gasteiger partial charge in [0.25, 0.3) is 0 Å². The summed E-state index contributed by atoms with van der Waals surface area (Å²) in [5, 5.41) is 6.01. The van der Waals surface area contributed by atoms with Gasteiger partial charge in [-0.2, -0.15) is 0 Å². The predicted molar refractivity (Wildman–Crippen MR) is 126 cm³/mol. The van der Waals surface area contributed by atoms with Gasteiger partial charge in [-0.25, -0.2) is 4.79 Å². The van der Waals surface area contributed by atoms with Crippen LogP contribution in [-0.4, -0.2) is 66.5 Å². The van der Waals surface area contributed by atoms with Gasteiger partial charge in [-0.05, 0) is 54.9 Å². The maximum absolute atomic E-state index is 12.6. The van der Waals surface area contributed by atoms with Crippen molar-refractivity contribution < 1.29 is 4.79 Å². The molecule has 0 radical (unpaired) electrons. The number of piperidine rings is 1. The first kappa shape index (κ1) is 21.9. The number of urea groups is 1. The summed E-state index contributed by atoms with van der Waals surface area (Å²) in [5.41, 5.74) is 0.671. The van der Waals surface area contributed by atoms with E-state index in [-0.39, 0.29) is 6.03 Å². The Kier molecular flexibility index (Phi) is 7.55. The van der Waals surface area contributed by atoms with Gasteiger partial charge in [0.1, 0.15) is 0 Å². The van der Waals surface area contributed by atoms with Crippen LogP contribution in [0.1, 0.15) is 17.7 Å². The molecule has 2 aromatic rings. The number of thiophene rings is 1. The van der Waals surface area contributed by atoms with Gasteiger partial charge in [-0.3, -0.25) is 9.80 Å². The van der Waals surface area contributed by atoms with Crippen molar-refractivity contribution in [3.8, 4) is 0 Å². The molecule has 30 heavy (non-hydrogen) atoms. The standard InChI is InChI=1S/C22H28Cl2N4OS/c23-20-6-5-18(13-21(20)24)25-22(29)28-10-8-26(9-11-28)14-17-3-1-7-27(15-17)16-19-4-2-12-30-19/h2,4-6,12-13,17H,1,3,7-11,14-16H2,(H,25,29)/t17-/m0/s1. The number of nitrogens with zero attached hydrogens (tertiary/aromatic N) is 3. The van der Waals surface area contributed by atoms with Crippen LogP contribution in [0.2, 0.25) is 10.0 Å². The van der Waals surface area contributed by atoms with Crippen molar-refractivity contribution >= 4 is 46.3 Å². The molecule has 2 saturated heterocycles. The molecule has 0 aliphatic carbocycles. The number of carbonyl (C=O) groups is 1. The number of halogens is 2. The second-order valence-electron chi connectivity index (χ2n) is 8.17. The minimum Gasteiger partial charge on any atom is -0.322 e. The first-order chi connectivity index (χ1) is 14.6. The quantitative estimate of drug-likeness (QED) is 0.664.